The zero-order valence-electron chi connectivity index (χ0n) is 14.9. The van der Waals surface area contributed by atoms with Gasteiger partial charge in [-0.05, 0) is 43.4 Å². The van der Waals surface area contributed by atoms with E-state index < -0.39 is 23.8 Å². The van der Waals surface area contributed by atoms with Gasteiger partial charge in [-0.3, -0.25) is 29.4 Å². The summed E-state index contributed by atoms with van der Waals surface area (Å²) in [6.45, 7) is 1.29. The van der Waals surface area contributed by atoms with Crippen molar-refractivity contribution in [2.45, 2.75) is 44.3 Å². The van der Waals surface area contributed by atoms with Gasteiger partial charge in [0.1, 0.15) is 6.04 Å². The Hall–Kier alpha value is -2.58. The van der Waals surface area contributed by atoms with Crippen molar-refractivity contribution in [3.05, 3.63) is 34.9 Å². The van der Waals surface area contributed by atoms with Gasteiger partial charge in [0.25, 0.3) is 11.8 Å². The SMILES string of the molecule is NC1CC(CNCc2cccc3c2C(=O)N(C2CCC(=O)NC2=O)C3=O)C1. The molecule has 1 aliphatic carbocycles. The smallest absolute Gasteiger partial charge is 0.262 e. The van der Waals surface area contributed by atoms with Gasteiger partial charge in [0.05, 0.1) is 11.1 Å². The normalized spacial score (nSPS) is 27.4. The van der Waals surface area contributed by atoms with Crippen LogP contribution in [-0.2, 0) is 16.1 Å². The van der Waals surface area contributed by atoms with E-state index in [9.17, 15) is 19.2 Å². The van der Waals surface area contributed by atoms with Crippen molar-refractivity contribution in [2.75, 3.05) is 6.54 Å². The molecule has 0 aromatic heterocycles. The van der Waals surface area contributed by atoms with E-state index in [2.05, 4.69) is 10.6 Å². The molecule has 8 nitrogen and oxygen atoms in total. The molecule has 1 unspecified atom stereocenters. The molecule has 0 radical (unpaired) electrons. The van der Waals surface area contributed by atoms with Gasteiger partial charge in [-0.2, -0.15) is 0 Å². The third-order valence-electron chi connectivity index (χ3n) is 5.58. The van der Waals surface area contributed by atoms with Crippen LogP contribution in [0.4, 0.5) is 0 Å². The van der Waals surface area contributed by atoms with Crippen molar-refractivity contribution in [3.63, 3.8) is 0 Å². The number of amides is 4. The highest BCUT2D eigenvalue weighted by Crippen LogP contribution is 2.30. The third kappa shape index (κ3) is 3.15. The Kier molecular flexibility index (Phi) is 4.53. The lowest BCUT2D eigenvalue weighted by atomic mass is 9.81. The lowest BCUT2D eigenvalue weighted by Crippen LogP contribution is -2.54. The number of hydrogen-bond acceptors (Lipinski definition) is 6. The Bertz CT molecular complexity index is 831. The lowest BCUT2D eigenvalue weighted by molar-refractivity contribution is -0.136. The van der Waals surface area contributed by atoms with Crippen molar-refractivity contribution in [1.82, 2.24) is 15.5 Å². The summed E-state index contributed by atoms with van der Waals surface area (Å²) >= 11 is 0. The Morgan fingerprint density at radius 1 is 1.15 bits per heavy atom. The van der Waals surface area contributed by atoms with Crippen LogP contribution in [0.1, 0.15) is 52.0 Å². The maximum absolute atomic E-state index is 13.0. The fourth-order valence-electron chi connectivity index (χ4n) is 4.10. The molecule has 142 valence electrons. The second-order valence-corrected chi connectivity index (χ2v) is 7.52. The number of nitrogens with zero attached hydrogens (tertiary/aromatic N) is 1. The average Bonchev–Trinajstić information content (AvgIpc) is 2.86. The van der Waals surface area contributed by atoms with Crippen LogP contribution in [0.5, 0.6) is 0 Å². The first-order valence-electron chi connectivity index (χ1n) is 9.25. The molecule has 2 fully saturated rings. The van der Waals surface area contributed by atoms with Crippen molar-refractivity contribution in [1.29, 1.82) is 0 Å². The minimum atomic E-state index is -0.938. The standard InChI is InChI=1S/C19H22N4O4/c20-12-6-10(7-12)8-21-9-11-2-1-3-13-16(11)19(27)23(18(13)26)14-4-5-15(24)22-17(14)25/h1-3,10,12,14,21H,4-9,20H2,(H,22,24,25). The highest BCUT2D eigenvalue weighted by atomic mass is 16.2. The van der Waals surface area contributed by atoms with Crippen molar-refractivity contribution in [2.24, 2.45) is 11.7 Å². The molecule has 4 N–H and O–H groups in total. The number of imide groups is 2. The van der Waals surface area contributed by atoms with E-state index in [1.807, 2.05) is 6.07 Å². The third-order valence-corrected chi connectivity index (χ3v) is 5.58. The minimum absolute atomic E-state index is 0.113. The molecule has 2 aliphatic heterocycles. The fraction of sp³-hybridized carbons (Fsp3) is 0.474. The predicted molar refractivity (Wildman–Crippen MR) is 95.5 cm³/mol. The van der Waals surface area contributed by atoms with E-state index in [0.29, 0.717) is 29.6 Å². The van der Waals surface area contributed by atoms with Gasteiger partial charge >= 0.3 is 0 Å². The van der Waals surface area contributed by atoms with Crippen molar-refractivity contribution < 1.29 is 19.2 Å². The molecule has 0 bridgehead atoms. The molecule has 3 aliphatic rings. The van der Waals surface area contributed by atoms with E-state index in [1.54, 1.807) is 12.1 Å². The molecule has 4 amide bonds. The largest absolute Gasteiger partial charge is 0.328 e. The molecule has 4 rings (SSSR count). The van der Waals surface area contributed by atoms with Gasteiger partial charge < -0.3 is 11.1 Å². The van der Waals surface area contributed by atoms with Crippen LogP contribution in [-0.4, -0.2) is 47.2 Å². The zero-order chi connectivity index (χ0) is 19.1. The summed E-state index contributed by atoms with van der Waals surface area (Å²) in [4.78, 5) is 50.2. The van der Waals surface area contributed by atoms with E-state index in [-0.39, 0.29) is 18.7 Å². The summed E-state index contributed by atoms with van der Waals surface area (Å²) in [5.74, 6) is -1.37. The molecule has 1 aromatic rings. The number of nitrogens with one attached hydrogen (secondary N) is 2. The summed E-state index contributed by atoms with van der Waals surface area (Å²) in [6, 6.07) is 4.52. The second kappa shape index (κ2) is 6.86. The molecule has 1 aromatic carbocycles. The minimum Gasteiger partial charge on any atom is -0.328 e. The summed E-state index contributed by atoms with van der Waals surface area (Å²) in [5, 5.41) is 5.54. The van der Waals surface area contributed by atoms with Crippen LogP contribution in [0.3, 0.4) is 0 Å². The highest BCUT2D eigenvalue weighted by molar-refractivity contribution is 6.24. The van der Waals surface area contributed by atoms with Gasteiger partial charge in [0.2, 0.25) is 11.8 Å². The Morgan fingerprint density at radius 3 is 2.63 bits per heavy atom. The quantitative estimate of drug-likeness (QED) is 0.623. The second-order valence-electron chi connectivity index (χ2n) is 7.52. The number of benzene rings is 1. The highest BCUT2D eigenvalue weighted by Gasteiger charge is 2.45. The summed E-state index contributed by atoms with van der Waals surface area (Å²) in [5.41, 5.74) is 7.20. The molecule has 8 heteroatoms. The van der Waals surface area contributed by atoms with Crippen LogP contribution >= 0.6 is 0 Å². The number of hydrogen-bond donors (Lipinski definition) is 3. The maximum Gasteiger partial charge on any atom is 0.262 e. The first-order chi connectivity index (χ1) is 13.0. The van der Waals surface area contributed by atoms with Crippen LogP contribution in [0.2, 0.25) is 0 Å². The van der Waals surface area contributed by atoms with Gasteiger partial charge in [-0.25, -0.2) is 0 Å². The molecule has 1 atom stereocenters. The molecule has 1 saturated carbocycles. The van der Waals surface area contributed by atoms with Crippen LogP contribution < -0.4 is 16.4 Å². The van der Waals surface area contributed by atoms with Crippen LogP contribution in [0, 0.1) is 5.92 Å². The molecule has 1 saturated heterocycles. The number of rotatable bonds is 5. The fourth-order valence-corrected chi connectivity index (χ4v) is 4.10. The monoisotopic (exact) mass is 370 g/mol. The number of carbonyl (C=O) groups excluding carboxylic acids is 4. The maximum atomic E-state index is 13.0. The van der Waals surface area contributed by atoms with Gasteiger partial charge in [0.15, 0.2) is 0 Å². The first-order valence-corrected chi connectivity index (χ1v) is 9.25. The average molecular weight is 370 g/mol. The van der Waals surface area contributed by atoms with E-state index in [1.165, 1.54) is 0 Å². The Morgan fingerprint density at radius 2 is 1.93 bits per heavy atom. The summed E-state index contributed by atoms with van der Waals surface area (Å²) in [7, 11) is 0. The van der Waals surface area contributed by atoms with Crippen LogP contribution in [0.25, 0.3) is 0 Å². The number of carbonyl (C=O) groups is 4. The van der Waals surface area contributed by atoms with E-state index >= 15 is 0 Å². The molecule has 2 heterocycles. The van der Waals surface area contributed by atoms with E-state index in [0.717, 1.165) is 29.8 Å². The Labute approximate surface area is 156 Å². The van der Waals surface area contributed by atoms with Crippen LogP contribution in [0.15, 0.2) is 18.2 Å². The topological polar surface area (TPSA) is 122 Å². The number of fused-ring (bicyclic) bond motifs is 1. The summed E-state index contributed by atoms with van der Waals surface area (Å²) in [6.07, 6.45) is 2.27. The predicted octanol–water partition coefficient (Wildman–Crippen LogP) is -0.0853. The number of nitrogens with two attached hydrogens (primary N) is 1. The molecule has 0 spiro atoms. The van der Waals surface area contributed by atoms with Crippen molar-refractivity contribution in [3.8, 4) is 0 Å². The molecule has 27 heavy (non-hydrogen) atoms. The van der Waals surface area contributed by atoms with E-state index in [4.69, 9.17) is 5.73 Å². The van der Waals surface area contributed by atoms with Gasteiger partial charge in [-0.1, -0.05) is 12.1 Å². The van der Waals surface area contributed by atoms with Gasteiger partial charge in [0, 0.05) is 19.0 Å². The molecular weight excluding hydrogens is 348 g/mol. The lowest BCUT2D eigenvalue weighted by Gasteiger charge is -2.32. The van der Waals surface area contributed by atoms with Crippen molar-refractivity contribution >= 4 is 23.6 Å². The number of piperidine rings is 1. The first kappa shape index (κ1) is 17.8. The zero-order valence-corrected chi connectivity index (χ0v) is 14.9. The molecular formula is C19H22N4O4. The summed E-state index contributed by atoms with van der Waals surface area (Å²) < 4.78 is 0. The Balaban J connectivity index is 1.51. The van der Waals surface area contributed by atoms with Gasteiger partial charge in [-0.15, -0.1) is 0 Å².